The van der Waals surface area contributed by atoms with Crippen molar-refractivity contribution in [3.8, 4) is 11.5 Å². The van der Waals surface area contributed by atoms with Gasteiger partial charge in [0.05, 0.1) is 32.5 Å². The van der Waals surface area contributed by atoms with Crippen LogP contribution in [0.4, 0.5) is 0 Å². The summed E-state index contributed by atoms with van der Waals surface area (Å²) in [6.07, 6.45) is 1.08. The molecular weight excluding hydrogens is 615 g/mol. The number of morpholine rings is 1. The van der Waals surface area contributed by atoms with Gasteiger partial charge >= 0.3 is 5.97 Å². The van der Waals surface area contributed by atoms with Crippen molar-refractivity contribution in [3.05, 3.63) is 93.5 Å². The molecule has 3 aromatic carbocycles. The Kier molecular flexibility index (Phi) is 12.0. The quantitative estimate of drug-likeness (QED) is 0.195. The van der Waals surface area contributed by atoms with Gasteiger partial charge in [-0.25, -0.2) is 4.79 Å². The first kappa shape index (κ1) is 33.5. The van der Waals surface area contributed by atoms with Crippen LogP contribution >= 0.6 is 23.2 Å². The van der Waals surface area contributed by atoms with Crippen LogP contribution in [-0.2, 0) is 14.3 Å². The number of carboxylic acid groups (broad SMARTS) is 1. The minimum absolute atomic E-state index is 0.00853. The molecule has 8 nitrogen and oxygen atoms in total. The van der Waals surface area contributed by atoms with Crippen molar-refractivity contribution in [2.45, 2.75) is 43.9 Å². The van der Waals surface area contributed by atoms with Gasteiger partial charge in [0.25, 0.3) is 0 Å². The average molecular weight is 658 g/mol. The molecule has 0 unspecified atom stereocenters. The molecule has 5 rings (SSSR count). The monoisotopic (exact) mass is 656 g/mol. The van der Waals surface area contributed by atoms with E-state index in [1.807, 2.05) is 42.5 Å². The lowest BCUT2D eigenvalue weighted by Crippen LogP contribution is -2.43. The van der Waals surface area contributed by atoms with E-state index < -0.39 is 18.7 Å². The number of ether oxygens (including phenoxy) is 4. The summed E-state index contributed by atoms with van der Waals surface area (Å²) in [6, 6.07) is 21.3. The summed E-state index contributed by atoms with van der Waals surface area (Å²) in [7, 11) is 1.65. The molecule has 242 valence electrons. The van der Waals surface area contributed by atoms with Crippen molar-refractivity contribution < 1.29 is 28.8 Å². The van der Waals surface area contributed by atoms with Crippen LogP contribution in [0, 0.1) is 5.92 Å². The summed E-state index contributed by atoms with van der Waals surface area (Å²) >= 11 is 12.8. The maximum Gasteiger partial charge on any atom is 0.341 e. The number of hydrogen-bond acceptors (Lipinski definition) is 7. The van der Waals surface area contributed by atoms with Crippen LogP contribution in [0.2, 0.25) is 10.0 Å². The molecule has 0 spiro atoms. The second-order valence-corrected chi connectivity index (χ2v) is 12.6. The van der Waals surface area contributed by atoms with Crippen LogP contribution in [0.5, 0.6) is 11.5 Å². The number of methoxy groups -OCH3 is 1. The molecule has 2 saturated heterocycles. The van der Waals surface area contributed by atoms with E-state index in [9.17, 15) is 9.90 Å². The van der Waals surface area contributed by atoms with Gasteiger partial charge in [-0.3, -0.25) is 4.90 Å². The number of aliphatic carboxylic acids is 1. The SMILES string of the molecule is COc1ccc([C@H]2O[C@@H](c3cc(Cl)ccc3OCC(=O)O)[C@H]([C@H](C)NCCCN3CCOCC3)C[C@H]2c2ccc(Cl)cc2)cc1. The maximum absolute atomic E-state index is 11.5. The van der Waals surface area contributed by atoms with Crippen molar-refractivity contribution in [1.29, 1.82) is 0 Å². The number of carboxylic acids is 1. The lowest BCUT2D eigenvalue weighted by atomic mass is 9.73. The van der Waals surface area contributed by atoms with Gasteiger partial charge in [0, 0.05) is 46.6 Å². The van der Waals surface area contributed by atoms with Crippen molar-refractivity contribution in [3.63, 3.8) is 0 Å². The van der Waals surface area contributed by atoms with Crippen LogP contribution in [0.25, 0.3) is 0 Å². The van der Waals surface area contributed by atoms with E-state index in [4.69, 9.17) is 42.1 Å². The highest BCUT2D eigenvalue weighted by molar-refractivity contribution is 6.30. The fourth-order valence-electron chi connectivity index (χ4n) is 6.41. The molecule has 10 heteroatoms. The van der Waals surface area contributed by atoms with E-state index in [0.717, 1.165) is 74.7 Å². The van der Waals surface area contributed by atoms with Crippen molar-refractivity contribution >= 4 is 29.2 Å². The third-order valence-corrected chi connectivity index (χ3v) is 9.30. The lowest BCUT2D eigenvalue weighted by molar-refractivity contribution is -0.139. The molecule has 2 aliphatic heterocycles. The largest absolute Gasteiger partial charge is 0.497 e. The molecule has 3 aromatic rings. The smallest absolute Gasteiger partial charge is 0.341 e. The van der Waals surface area contributed by atoms with Crippen molar-refractivity contribution in [1.82, 2.24) is 10.2 Å². The van der Waals surface area contributed by atoms with E-state index in [1.165, 1.54) is 0 Å². The fraction of sp³-hybridized carbons (Fsp3) is 0.457. The molecule has 0 aromatic heterocycles. The molecule has 0 aliphatic carbocycles. The molecule has 0 amide bonds. The molecule has 2 aliphatic rings. The highest BCUT2D eigenvalue weighted by Crippen LogP contribution is 2.52. The third-order valence-electron chi connectivity index (χ3n) is 8.81. The molecule has 0 bridgehead atoms. The highest BCUT2D eigenvalue weighted by atomic mass is 35.5. The van der Waals surface area contributed by atoms with Crippen molar-refractivity contribution in [2.24, 2.45) is 5.92 Å². The Bertz CT molecular complexity index is 1380. The first-order valence-electron chi connectivity index (χ1n) is 15.5. The number of nitrogens with one attached hydrogen (secondary N) is 1. The normalized spacial score (nSPS) is 22.9. The van der Waals surface area contributed by atoms with Gasteiger partial charge in [-0.1, -0.05) is 47.5 Å². The van der Waals surface area contributed by atoms with E-state index in [-0.39, 0.29) is 24.0 Å². The first-order valence-corrected chi connectivity index (χ1v) is 16.3. The Labute approximate surface area is 275 Å². The van der Waals surface area contributed by atoms with Gasteiger partial charge < -0.3 is 29.4 Å². The fourth-order valence-corrected chi connectivity index (χ4v) is 6.72. The Balaban J connectivity index is 1.47. The molecule has 2 heterocycles. The van der Waals surface area contributed by atoms with Gasteiger partial charge in [-0.05, 0) is 86.4 Å². The Morgan fingerprint density at radius 1 is 1.00 bits per heavy atom. The van der Waals surface area contributed by atoms with E-state index in [2.05, 4.69) is 29.3 Å². The van der Waals surface area contributed by atoms with Crippen LogP contribution in [0.15, 0.2) is 66.7 Å². The lowest BCUT2D eigenvalue weighted by Gasteiger charge is -2.45. The summed E-state index contributed by atoms with van der Waals surface area (Å²) in [5.41, 5.74) is 2.89. The Morgan fingerprint density at radius 3 is 2.38 bits per heavy atom. The molecular formula is C35H42Cl2N2O6. The summed E-state index contributed by atoms with van der Waals surface area (Å²) in [4.78, 5) is 13.9. The first-order chi connectivity index (χ1) is 21.8. The molecule has 5 atom stereocenters. The predicted octanol–water partition coefficient (Wildman–Crippen LogP) is 6.77. The van der Waals surface area contributed by atoms with Gasteiger partial charge in [0.15, 0.2) is 6.61 Å². The van der Waals surface area contributed by atoms with Crippen LogP contribution in [0.1, 0.15) is 54.6 Å². The minimum atomic E-state index is -1.05. The number of hydrogen-bond donors (Lipinski definition) is 2. The zero-order chi connectivity index (χ0) is 31.8. The van der Waals surface area contributed by atoms with Crippen LogP contribution in [-0.4, -0.2) is 75.1 Å². The second kappa shape index (κ2) is 16.1. The molecule has 2 N–H and O–H groups in total. The number of rotatable bonds is 13. The molecule has 0 radical (unpaired) electrons. The summed E-state index contributed by atoms with van der Waals surface area (Å²) < 4.78 is 23.9. The summed E-state index contributed by atoms with van der Waals surface area (Å²) in [5, 5.41) is 14.4. The van der Waals surface area contributed by atoms with E-state index >= 15 is 0 Å². The molecule has 45 heavy (non-hydrogen) atoms. The van der Waals surface area contributed by atoms with Crippen LogP contribution < -0.4 is 14.8 Å². The third kappa shape index (κ3) is 8.91. The maximum atomic E-state index is 11.5. The van der Waals surface area contributed by atoms with Gasteiger partial charge in [0.1, 0.15) is 11.5 Å². The number of halogens is 2. The number of nitrogens with zero attached hydrogens (tertiary/aromatic N) is 1. The summed E-state index contributed by atoms with van der Waals surface area (Å²) in [5.74, 6) is 0.202. The Morgan fingerprint density at radius 2 is 1.69 bits per heavy atom. The Hall–Kier alpha value is -2.85. The topological polar surface area (TPSA) is 89.5 Å². The predicted molar refractivity (Wildman–Crippen MR) is 176 cm³/mol. The molecule has 0 saturated carbocycles. The zero-order valence-corrected chi connectivity index (χ0v) is 27.3. The average Bonchev–Trinajstić information content (AvgIpc) is 3.06. The van der Waals surface area contributed by atoms with Gasteiger partial charge in [-0.2, -0.15) is 0 Å². The van der Waals surface area contributed by atoms with Crippen molar-refractivity contribution in [2.75, 3.05) is 53.1 Å². The number of benzene rings is 3. The second-order valence-electron chi connectivity index (χ2n) is 11.7. The highest BCUT2D eigenvalue weighted by Gasteiger charge is 2.43. The van der Waals surface area contributed by atoms with E-state index in [1.54, 1.807) is 19.2 Å². The number of carbonyl (C=O) groups is 1. The standard InChI is InChI=1S/C35H42Cl2N2O6/c1-23(38-14-3-15-39-16-18-43-19-17-39)29-21-30(24-4-8-26(36)9-5-24)34(25-6-11-28(42-2)12-7-25)45-35(29)31-20-27(37)10-13-32(31)44-22-33(40)41/h4-13,20,23,29-30,34-35,38H,3,14-19,21-22H2,1-2H3,(H,40,41)/t23-,29-,30-,34+,35+/m0/s1. The molecule has 2 fully saturated rings. The van der Waals surface area contributed by atoms with Gasteiger partial charge in [0.2, 0.25) is 0 Å². The zero-order valence-electron chi connectivity index (χ0n) is 25.8. The van der Waals surface area contributed by atoms with Crippen LogP contribution in [0.3, 0.4) is 0 Å². The van der Waals surface area contributed by atoms with E-state index in [0.29, 0.717) is 15.8 Å². The minimum Gasteiger partial charge on any atom is -0.497 e. The summed E-state index contributed by atoms with van der Waals surface area (Å²) in [6.45, 7) is 7.13. The van der Waals surface area contributed by atoms with Gasteiger partial charge in [-0.15, -0.1) is 0 Å².